The van der Waals surface area contributed by atoms with Gasteiger partial charge in [-0.2, -0.15) is 12.1 Å². The van der Waals surface area contributed by atoms with Gasteiger partial charge in [0.05, 0.1) is 0 Å². The van der Waals surface area contributed by atoms with Gasteiger partial charge >= 0.3 is 0 Å². The quantitative estimate of drug-likeness (QED) is 0.149. The second kappa shape index (κ2) is 17.3. The standard InChI is InChI=1S/C63H51N4O.Pt/c1-40(2)32-42-30-31-64-60(35-42)67-57-26-12-11-22-53(57)54-29-28-47(38-59(54)67)68-46-17-13-16-45(37-46)65-39-66-61-48(43-33-41(3)34-44(36-43)63(4,5)6)23-14-24-55(61)51-20-9-7-18-49(51)50-19-8-10-21-52(50)56-25-15-27-58(65)62(56)66;/h7-31,33-36,39-40H,32H2,1-6H3;/q-3;/i3D3,32D2;. The van der Waals surface area contributed by atoms with Gasteiger partial charge in [-0.1, -0.05) is 167 Å². The number of aryl methyl sites for hydroxylation is 1. The van der Waals surface area contributed by atoms with Crippen LogP contribution in [0.1, 0.15) is 58.2 Å². The maximum absolute atomic E-state index is 8.87. The molecule has 0 atom stereocenters. The van der Waals surface area contributed by atoms with Crippen molar-refractivity contribution in [2.24, 2.45) is 5.92 Å². The number of anilines is 2. The van der Waals surface area contributed by atoms with Gasteiger partial charge in [-0.15, -0.1) is 35.7 Å². The Balaban J connectivity index is 0.00000588. The molecule has 0 saturated heterocycles. The van der Waals surface area contributed by atoms with Crippen LogP contribution in [0.5, 0.6) is 11.5 Å². The van der Waals surface area contributed by atoms with Crippen molar-refractivity contribution in [1.29, 1.82) is 0 Å². The molecule has 0 unspecified atom stereocenters. The van der Waals surface area contributed by atoms with Gasteiger partial charge in [-0.05, 0) is 126 Å². The van der Waals surface area contributed by atoms with Gasteiger partial charge in [-0.3, -0.25) is 0 Å². The predicted molar refractivity (Wildman–Crippen MR) is 284 cm³/mol. The molecule has 0 spiro atoms. The van der Waals surface area contributed by atoms with Crippen LogP contribution in [0.3, 0.4) is 0 Å². The van der Waals surface area contributed by atoms with Crippen molar-refractivity contribution in [3.63, 3.8) is 0 Å². The summed E-state index contributed by atoms with van der Waals surface area (Å²) in [5, 5.41) is 8.40. The first kappa shape index (κ1) is 38.6. The van der Waals surface area contributed by atoms with Gasteiger partial charge in [0.2, 0.25) is 0 Å². The molecule has 5 nitrogen and oxygen atoms in total. The van der Waals surface area contributed by atoms with Crippen LogP contribution >= 0.6 is 0 Å². The van der Waals surface area contributed by atoms with Gasteiger partial charge in [0.15, 0.2) is 0 Å². The fourth-order valence-electron chi connectivity index (χ4n) is 10.1. The number of hydrogen-bond acceptors (Lipinski definition) is 3. The van der Waals surface area contributed by atoms with Crippen LogP contribution in [0.25, 0.3) is 82.1 Å². The number of nitrogens with zero attached hydrogens (tertiary/aromatic N) is 4. The van der Waals surface area contributed by atoms with E-state index in [1.807, 2.05) is 85.1 Å². The minimum atomic E-state index is -2.32. The maximum Gasteiger partial charge on any atom is 0.135 e. The van der Waals surface area contributed by atoms with Crippen LogP contribution in [-0.2, 0) is 32.9 Å². The minimum Gasteiger partial charge on any atom is -0.509 e. The molecule has 6 heteroatoms. The number of ether oxygens (including phenoxy) is 1. The van der Waals surface area contributed by atoms with Crippen LogP contribution < -0.4 is 9.64 Å². The van der Waals surface area contributed by atoms with E-state index in [9.17, 15) is 0 Å². The van der Waals surface area contributed by atoms with E-state index in [0.717, 1.165) is 93.2 Å². The Morgan fingerprint density at radius 1 is 0.652 bits per heavy atom. The van der Waals surface area contributed by atoms with E-state index in [1.54, 1.807) is 12.3 Å². The second-order valence-corrected chi connectivity index (χ2v) is 19.0. The van der Waals surface area contributed by atoms with Gasteiger partial charge < -0.3 is 18.8 Å². The molecular weight excluding hydrogens is 1020 g/mol. The van der Waals surface area contributed by atoms with E-state index in [0.29, 0.717) is 28.4 Å². The van der Waals surface area contributed by atoms with Crippen molar-refractivity contribution >= 4 is 76.5 Å². The predicted octanol–water partition coefficient (Wildman–Crippen LogP) is 16.7. The molecule has 11 aromatic rings. The Labute approximate surface area is 425 Å². The average Bonchev–Trinajstić information content (AvgIpc) is 3.95. The van der Waals surface area contributed by atoms with E-state index in [2.05, 4.69) is 146 Å². The van der Waals surface area contributed by atoms with E-state index in [-0.39, 0.29) is 32.4 Å². The first-order valence-corrected chi connectivity index (χ1v) is 23.2. The van der Waals surface area contributed by atoms with E-state index < -0.39 is 13.2 Å². The summed E-state index contributed by atoms with van der Waals surface area (Å²) in [4.78, 5) is 6.92. The molecule has 8 aromatic carbocycles. The molecule has 1 aliphatic rings. The summed E-state index contributed by atoms with van der Waals surface area (Å²) < 4.78 is 54.5. The minimum absolute atomic E-state index is 0. The Hall–Kier alpha value is -7.33. The molecule has 4 heterocycles. The molecule has 0 bridgehead atoms. The topological polar surface area (TPSA) is 35.2 Å². The largest absolute Gasteiger partial charge is 0.509 e. The van der Waals surface area contributed by atoms with Gasteiger partial charge in [0, 0.05) is 56.8 Å². The molecule has 342 valence electrons. The van der Waals surface area contributed by atoms with Crippen molar-refractivity contribution in [2.45, 2.75) is 53.3 Å². The normalized spacial score (nSPS) is 13.8. The van der Waals surface area contributed by atoms with Gasteiger partial charge in [0.1, 0.15) is 5.82 Å². The van der Waals surface area contributed by atoms with Crippen LogP contribution in [0.2, 0.25) is 0 Å². The third-order valence-electron chi connectivity index (χ3n) is 13.1. The van der Waals surface area contributed by atoms with Crippen molar-refractivity contribution in [1.82, 2.24) is 14.1 Å². The summed E-state index contributed by atoms with van der Waals surface area (Å²) >= 11 is 0. The Kier molecular flexibility index (Phi) is 9.69. The third-order valence-corrected chi connectivity index (χ3v) is 13.1. The molecule has 69 heavy (non-hydrogen) atoms. The molecule has 0 amide bonds. The second-order valence-electron chi connectivity index (χ2n) is 19.0. The number of pyridine rings is 1. The fourth-order valence-corrected chi connectivity index (χ4v) is 10.1. The molecule has 0 fully saturated rings. The molecular formula is C63H51N4OPt-3. The van der Waals surface area contributed by atoms with Crippen LogP contribution in [0, 0.1) is 31.6 Å². The number of aromatic nitrogens is 3. The number of fused-ring (bicyclic) bond motifs is 10. The monoisotopic (exact) mass is 1080 g/mol. The summed E-state index contributed by atoms with van der Waals surface area (Å²) in [6.45, 7) is 9.95. The Bertz CT molecular complexity index is 4080. The zero-order valence-electron chi connectivity index (χ0n) is 43.9. The smallest absolute Gasteiger partial charge is 0.135 e. The average molecular weight is 1080 g/mol. The summed E-state index contributed by atoms with van der Waals surface area (Å²) in [6, 6.07) is 64.5. The summed E-state index contributed by atoms with van der Waals surface area (Å²) in [7, 11) is 0. The summed E-state index contributed by atoms with van der Waals surface area (Å²) in [5.74, 6) is 1.33. The first-order chi connectivity index (χ1) is 35.0. The Morgan fingerprint density at radius 3 is 2.03 bits per heavy atom. The fraction of sp³-hybridized carbons (Fsp3) is 0.143. The number of hydrogen-bond donors (Lipinski definition) is 0. The number of para-hydroxylation sites is 3. The molecule has 0 N–H and O–H groups in total. The maximum atomic E-state index is 8.87. The summed E-state index contributed by atoms with van der Waals surface area (Å²) in [6.07, 6.45) is 0.121. The van der Waals surface area contributed by atoms with Crippen LogP contribution in [0.4, 0.5) is 11.4 Å². The molecule has 0 radical (unpaired) electrons. The van der Waals surface area contributed by atoms with Crippen molar-refractivity contribution in [2.75, 3.05) is 4.90 Å². The zero-order chi connectivity index (χ0) is 50.6. The van der Waals surface area contributed by atoms with Crippen molar-refractivity contribution in [3.8, 4) is 28.4 Å². The van der Waals surface area contributed by atoms with Gasteiger partial charge in [-0.25, -0.2) is 4.98 Å². The number of rotatable bonds is 7. The Morgan fingerprint density at radius 2 is 1.30 bits per heavy atom. The molecule has 0 saturated carbocycles. The molecule has 1 aliphatic heterocycles. The van der Waals surface area contributed by atoms with E-state index in [4.69, 9.17) is 16.6 Å². The van der Waals surface area contributed by atoms with Crippen LogP contribution in [0.15, 0.2) is 176 Å². The SMILES string of the molecule is [2H]C([2H])([2H])c1cc(-c2cccc3c4ccccc4c4ccccc4c4cccc5c4n(c23)[CH-]N5c2[c-]c(Oc3[c-]c4c(cc3)c3ccccc3n4-c3cc(C([2H])([2H])C(C)C)ccn3)ccc2)cc(C(C)(C)C)c1.[Pt]. The zero-order valence-corrected chi connectivity index (χ0v) is 41.2. The van der Waals surface area contributed by atoms with Crippen LogP contribution in [-0.4, -0.2) is 14.1 Å². The van der Waals surface area contributed by atoms with E-state index >= 15 is 0 Å². The summed E-state index contributed by atoms with van der Waals surface area (Å²) in [5.41, 5.74) is 8.49. The number of benzene rings is 8. The van der Waals surface area contributed by atoms with Crippen molar-refractivity contribution in [3.05, 3.63) is 212 Å². The molecule has 3 aromatic heterocycles. The third kappa shape index (κ3) is 7.70. The van der Waals surface area contributed by atoms with E-state index in [1.165, 1.54) is 0 Å². The molecule has 0 aliphatic carbocycles. The van der Waals surface area contributed by atoms with Crippen molar-refractivity contribution < 1.29 is 32.7 Å². The first-order valence-electron chi connectivity index (χ1n) is 25.7. The molecule has 12 rings (SSSR count). The van der Waals surface area contributed by atoms with Gasteiger partial charge in [0.25, 0.3) is 0 Å².